The Balaban J connectivity index is 2.01. The number of imidazole rings is 1. The number of nitriles is 1. The van der Waals surface area contributed by atoms with Crippen LogP contribution in [0.3, 0.4) is 0 Å². The zero-order valence-corrected chi connectivity index (χ0v) is 11.7. The summed E-state index contributed by atoms with van der Waals surface area (Å²) < 4.78 is 2.91. The largest absolute Gasteiger partial charge is 0.329 e. The number of H-pyrrole nitrogens is 1. The van der Waals surface area contributed by atoms with Crippen molar-refractivity contribution in [3.05, 3.63) is 28.5 Å². The molecule has 1 saturated carbocycles. The lowest BCUT2D eigenvalue weighted by atomic mass is 9.89. The second-order valence-corrected chi connectivity index (χ2v) is 5.74. The molecular weight excluding hydrogens is 254 g/mol. The molecular formula is C15H17N3S. The number of hydrogen-bond donors (Lipinski definition) is 1. The van der Waals surface area contributed by atoms with Crippen molar-refractivity contribution in [1.29, 1.82) is 5.26 Å². The lowest BCUT2D eigenvalue weighted by Crippen LogP contribution is -2.14. The van der Waals surface area contributed by atoms with E-state index in [4.69, 9.17) is 17.5 Å². The van der Waals surface area contributed by atoms with E-state index in [0.717, 1.165) is 28.3 Å². The predicted molar refractivity (Wildman–Crippen MR) is 78.4 cm³/mol. The minimum Gasteiger partial charge on any atom is -0.329 e. The Bertz CT molecular complexity index is 683. The maximum atomic E-state index is 9.14. The number of para-hydroxylation sites is 1. The summed E-state index contributed by atoms with van der Waals surface area (Å²) in [5, 5.41) is 9.14. The maximum Gasteiger partial charge on any atom is 0.178 e. The Morgan fingerprint density at radius 2 is 2.11 bits per heavy atom. The Morgan fingerprint density at radius 3 is 2.84 bits per heavy atom. The summed E-state index contributed by atoms with van der Waals surface area (Å²) in [7, 11) is 0. The summed E-state index contributed by atoms with van der Waals surface area (Å²) >= 11 is 5.43. The lowest BCUT2D eigenvalue weighted by Gasteiger charge is -2.22. The topological polar surface area (TPSA) is 44.5 Å². The molecule has 0 saturated heterocycles. The zero-order valence-electron chi connectivity index (χ0n) is 10.9. The SMILES string of the molecule is N#Cc1cccc2c1[nH]c(=S)n2CC1CCCCC1. The summed E-state index contributed by atoms with van der Waals surface area (Å²) in [4.78, 5) is 3.19. The van der Waals surface area contributed by atoms with Crippen molar-refractivity contribution in [2.45, 2.75) is 38.6 Å². The van der Waals surface area contributed by atoms with E-state index in [9.17, 15) is 0 Å². The first kappa shape index (κ1) is 12.4. The van der Waals surface area contributed by atoms with Gasteiger partial charge in [0.15, 0.2) is 4.77 Å². The van der Waals surface area contributed by atoms with Gasteiger partial charge in [-0.3, -0.25) is 0 Å². The average molecular weight is 271 g/mol. The maximum absolute atomic E-state index is 9.14. The molecule has 0 aliphatic heterocycles. The zero-order chi connectivity index (χ0) is 13.2. The van der Waals surface area contributed by atoms with E-state index in [2.05, 4.69) is 15.6 Å². The molecule has 1 heterocycles. The number of aromatic amines is 1. The molecule has 0 bridgehead atoms. The summed E-state index contributed by atoms with van der Waals surface area (Å²) in [6, 6.07) is 8.03. The summed E-state index contributed by atoms with van der Waals surface area (Å²) in [5.74, 6) is 0.727. The van der Waals surface area contributed by atoms with Gasteiger partial charge in [0.1, 0.15) is 6.07 Å². The van der Waals surface area contributed by atoms with Crippen molar-refractivity contribution in [3.63, 3.8) is 0 Å². The molecule has 0 unspecified atom stereocenters. The van der Waals surface area contributed by atoms with Gasteiger partial charge >= 0.3 is 0 Å². The highest BCUT2D eigenvalue weighted by Crippen LogP contribution is 2.27. The van der Waals surface area contributed by atoms with Crippen LogP contribution in [0.2, 0.25) is 0 Å². The second-order valence-electron chi connectivity index (χ2n) is 5.36. The molecule has 3 nitrogen and oxygen atoms in total. The average Bonchev–Trinajstić information content (AvgIpc) is 2.76. The van der Waals surface area contributed by atoms with Crippen LogP contribution in [0.15, 0.2) is 18.2 Å². The molecule has 98 valence electrons. The quantitative estimate of drug-likeness (QED) is 0.834. The van der Waals surface area contributed by atoms with Crippen LogP contribution in [-0.2, 0) is 6.54 Å². The molecule has 1 N–H and O–H groups in total. The Morgan fingerprint density at radius 1 is 1.32 bits per heavy atom. The number of benzene rings is 1. The van der Waals surface area contributed by atoms with E-state index in [-0.39, 0.29) is 0 Å². The first-order valence-corrected chi connectivity index (χ1v) is 7.32. The van der Waals surface area contributed by atoms with E-state index < -0.39 is 0 Å². The third-order valence-corrected chi connectivity index (χ3v) is 4.42. The van der Waals surface area contributed by atoms with Gasteiger partial charge in [0.2, 0.25) is 0 Å². The van der Waals surface area contributed by atoms with Gasteiger partial charge in [-0.25, -0.2) is 0 Å². The standard InChI is InChI=1S/C15H17N3S/c16-9-12-7-4-8-13-14(12)17-15(19)18(13)10-11-5-2-1-3-6-11/h4,7-8,11H,1-3,5-6,10H2,(H,17,19). The lowest BCUT2D eigenvalue weighted by molar-refractivity contribution is 0.321. The van der Waals surface area contributed by atoms with Gasteiger partial charge in [0.25, 0.3) is 0 Å². The van der Waals surface area contributed by atoms with Crippen LogP contribution < -0.4 is 0 Å². The van der Waals surface area contributed by atoms with Crippen molar-refractivity contribution in [1.82, 2.24) is 9.55 Å². The van der Waals surface area contributed by atoms with Crippen LogP contribution in [0.5, 0.6) is 0 Å². The first-order valence-electron chi connectivity index (χ1n) is 6.91. The van der Waals surface area contributed by atoms with Gasteiger partial charge in [0, 0.05) is 6.54 Å². The second kappa shape index (κ2) is 5.18. The highest BCUT2D eigenvalue weighted by atomic mass is 32.1. The van der Waals surface area contributed by atoms with Crippen LogP contribution in [-0.4, -0.2) is 9.55 Å². The van der Waals surface area contributed by atoms with Crippen LogP contribution in [0.1, 0.15) is 37.7 Å². The molecule has 0 radical (unpaired) electrons. The highest BCUT2D eigenvalue weighted by molar-refractivity contribution is 7.71. The van der Waals surface area contributed by atoms with E-state index in [1.54, 1.807) is 0 Å². The van der Waals surface area contributed by atoms with Gasteiger partial charge < -0.3 is 9.55 Å². The minimum atomic E-state index is 0.672. The van der Waals surface area contributed by atoms with Crippen molar-refractivity contribution >= 4 is 23.3 Å². The molecule has 0 amide bonds. The van der Waals surface area contributed by atoms with Gasteiger partial charge in [0.05, 0.1) is 16.6 Å². The molecule has 4 heteroatoms. The smallest absolute Gasteiger partial charge is 0.178 e. The summed E-state index contributed by atoms with van der Waals surface area (Å²) in [6.45, 7) is 0.980. The first-order chi connectivity index (χ1) is 9.29. The van der Waals surface area contributed by atoms with E-state index in [1.165, 1.54) is 32.1 Å². The van der Waals surface area contributed by atoms with Gasteiger partial charge in [-0.15, -0.1) is 0 Å². The molecule has 1 aromatic carbocycles. The number of nitrogens with one attached hydrogen (secondary N) is 1. The van der Waals surface area contributed by atoms with Crippen molar-refractivity contribution < 1.29 is 0 Å². The van der Waals surface area contributed by atoms with E-state index in [0.29, 0.717) is 5.56 Å². The monoisotopic (exact) mass is 271 g/mol. The van der Waals surface area contributed by atoms with Crippen molar-refractivity contribution in [3.8, 4) is 6.07 Å². The molecule has 3 rings (SSSR count). The fourth-order valence-corrected chi connectivity index (χ4v) is 3.36. The molecule has 19 heavy (non-hydrogen) atoms. The number of rotatable bonds is 2. The predicted octanol–water partition coefficient (Wildman–Crippen LogP) is 4.15. The van der Waals surface area contributed by atoms with Crippen LogP contribution >= 0.6 is 12.2 Å². The third-order valence-electron chi connectivity index (χ3n) is 4.10. The van der Waals surface area contributed by atoms with Crippen molar-refractivity contribution in [2.24, 2.45) is 5.92 Å². The number of nitrogens with zero attached hydrogens (tertiary/aromatic N) is 2. The van der Waals surface area contributed by atoms with Crippen molar-refractivity contribution in [2.75, 3.05) is 0 Å². The van der Waals surface area contributed by atoms with Gasteiger partial charge in [-0.2, -0.15) is 5.26 Å². The molecule has 0 spiro atoms. The molecule has 1 aliphatic carbocycles. The molecule has 1 aromatic heterocycles. The molecule has 0 atom stereocenters. The minimum absolute atomic E-state index is 0.672. The fourth-order valence-electron chi connectivity index (χ4n) is 3.08. The van der Waals surface area contributed by atoms with Gasteiger partial charge in [-0.1, -0.05) is 25.3 Å². The van der Waals surface area contributed by atoms with Gasteiger partial charge in [-0.05, 0) is 43.1 Å². The van der Waals surface area contributed by atoms with E-state index in [1.807, 2.05) is 18.2 Å². The molecule has 2 aromatic rings. The van der Waals surface area contributed by atoms with Crippen LogP contribution in [0.25, 0.3) is 11.0 Å². The normalized spacial score (nSPS) is 16.6. The number of fused-ring (bicyclic) bond motifs is 1. The van der Waals surface area contributed by atoms with Crippen LogP contribution in [0, 0.1) is 22.0 Å². The number of hydrogen-bond acceptors (Lipinski definition) is 2. The molecule has 1 fully saturated rings. The highest BCUT2D eigenvalue weighted by Gasteiger charge is 2.16. The molecule has 1 aliphatic rings. The van der Waals surface area contributed by atoms with Crippen LogP contribution in [0.4, 0.5) is 0 Å². The van der Waals surface area contributed by atoms with E-state index >= 15 is 0 Å². The summed E-state index contributed by atoms with van der Waals surface area (Å²) in [5.41, 5.74) is 2.62. The number of aromatic nitrogens is 2. The Kier molecular flexibility index (Phi) is 3.39. The Labute approximate surface area is 117 Å². The third kappa shape index (κ3) is 2.31. The summed E-state index contributed by atoms with van der Waals surface area (Å²) in [6.07, 6.45) is 6.64. The Hall–Kier alpha value is -1.60. The fraction of sp³-hybridized carbons (Fsp3) is 0.467.